The first-order chi connectivity index (χ1) is 13.1. The van der Waals surface area contributed by atoms with E-state index in [0.29, 0.717) is 11.6 Å². The van der Waals surface area contributed by atoms with Gasteiger partial charge in [0.25, 0.3) is 5.91 Å². The molecule has 0 spiro atoms. The minimum absolute atomic E-state index is 0.0179. The van der Waals surface area contributed by atoms with Crippen molar-refractivity contribution in [1.29, 1.82) is 0 Å². The molecule has 1 aromatic heterocycles. The molecule has 0 fully saturated rings. The van der Waals surface area contributed by atoms with Gasteiger partial charge in [-0.2, -0.15) is 0 Å². The Hall–Kier alpha value is -3.48. The first kappa shape index (κ1) is 18.3. The molecular formula is C20H21N3O4. The Morgan fingerprint density at radius 1 is 1.19 bits per heavy atom. The number of para-hydroxylation sites is 3. The number of amides is 1. The second-order valence-corrected chi connectivity index (χ2v) is 5.90. The summed E-state index contributed by atoms with van der Waals surface area (Å²) in [5, 5.41) is 12.7. The van der Waals surface area contributed by atoms with Gasteiger partial charge in [0.05, 0.1) is 7.11 Å². The maximum absolute atomic E-state index is 12.5. The summed E-state index contributed by atoms with van der Waals surface area (Å²) in [5.41, 5.74) is 0.783. The van der Waals surface area contributed by atoms with Crippen LogP contribution < -0.4 is 14.8 Å². The van der Waals surface area contributed by atoms with E-state index in [1.807, 2.05) is 42.1 Å². The predicted molar refractivity (Wildman–Crippen MR) is 99.8 cm³/mol. The maximum Gasteiger partial charge on any atom is 0.258 e. The summed E-state index contributed by atoms with van der Waals surface area (Å²) in [6, 6.07) is 13.4. The zero-order valence-electron chi connectivity index (χ0n) is 15.1. The molecule has 1 amide bonds. The Balaban J connectivity index is 1.81. The minimum atomic E-state index is -0.512. The number of carbonyl (C=O) groups is 1. The molecule has 3 rings (SSSR count). The van der Waals surface area contributed by atoms with Crippen LogP contribution in [0.3, 0.4) is 0 Å². The van der Waals surface area contributed by atoms with E-state index < -0.39 is 6.04 Å². The third kappa shape index (κ3) is 4.20. The highest BCUT2D eigenvalue weighted by atomic mass is 16.5. The number of aryl methyl sites for hydroxylation is 1. The second kappa shape index (κ2) is 8.27. The van der Waals surface area contributed by atoms with Crippen molar-refractivity contribution < 1.29 is 19.4 Å². The fraction of sp³-hybridized carbons (Fsp3) is 0.200. The molecule has 0 aliphatic rings. The standard InChI is InChI=1S/C20H21N3O4/c1-23-12-11-21-20(23)19(14-7-3-5-9-16(14)26-2)22-18(25)13-27-17-10-6-4-8-15(17)24/h3-12,19,24H,13H2,1-2H3,(H,22,25). The molecule has 7 nitrogen and oxygen atoms in total. The molecule has 140 valence electrons. The number of imidazole rings is 1. The molecule has 7 heteroatoms. The number of rotatable bonds is 7. The average molecular weight is 367 g/mol. The highest BCUT2D eigenvalue weighted by molar-refractivity contribution is 5.78. The van der Waals surface area contributed by atoms with Crippen LogP contribution in [0.1, 0.15) is 17.4 Å². The van der Waals surface area contributed by atoms with Gasteiger partial charge >= 0.3 is 0 Å². The molecule has 2 N–H and O–H groups in total. The quantitative estimate of drug-likeness (QED) is 0.670. The van der Waals surface area contributed by atoms with E-state index in [1.54, 1.807) is 31.5 Å². The van der Waals surface area contributed by atoms with Gasteiger partial charge in [0.2, 0.25) is 0 Å². The van der Waals surface area contributed by atoms with E-state index in [1.165, 1.54) is 6.07 Å². The Kier molecular flexibility index (Phi) is 5.61. The normalized spacial score (nSPS) is 11.6. The lowest BCUT2D eigenvalue weighted by atomic mass is 10.0. The fourth-order valence-electron chi connectivity index (χ4n) is 2.77. The molecule has 0 bridgehead atoms. The lowest BCUT2D eigenvalue weighted by Gasteiger charge is -2.21. The summed E-state index contributed by atoms with van der Waals surface area (Å²) in [7, 11) is 3.44. The van der Waals surface area contributed by atoms with Gasteiger partial charge in [0.15, 0.2) is 18.1 Å². The van der Waals surface area contributed by atoms with Crippen molar-refractivity contribution >= 4 is 5.91 Å². The monoisotopic (exact) mass is 367 g/mol. The first-order valence-electron chi connectivity index (χ1n) is 8.40. The predicted octanol–water partition coefficient (Wildman–Crippen LogP) is 2.42. The van der Waals surface area contributed by atoms with Crippen LogP contribution in [0.4, 0.5) is 0 Å². The van der Waals surface area contributed by atoms with Crippen molar-refractivity contribution in [1.82, 2.24) is 14.9 Å². The number of aromatic nitrogens is 2. The number of carbonyl (C=O) groups excluding carboxylic acids is 1. The molecule has 3 aromatic rings. The van der Waals surface area contributed by atoms with Gasteiger partial charge < -0.3 is 24.5 Å². The minimum Gasteiger partial charge on any atom is -0.504 e. The molecule has 0 radical (unpaired) electrons. The van der Waals surface area contributed by atoms with E-state index in [9.17, 15) is 9.90 Å². The van der Waals surface area contributed by atoms with Crippen LogP contribution in [-0.4, -0.2) is 34.3 Å². The zero-order valence-corrected chi connectivity index (χ0v) is 15.1. The third-order valence-corrected chi connectivity index (χ3v) is 4.10. The summed E-state index contributed by atoms with van der Waals surface area (Å²) in [4.78, 5) is 16.9. The van der Waals surface area contributed by atoms with Crippen LogP contribution >= 0.6 is 0 Å². The number of hydrogen-bond acceptors (Lipinski definition) is 5. The second-order valence-electron chi connectivity index (χ2n) is 5.90. The van der Waals surface area contributed by atoms with Crippen molar-refractivity contribution in [2.45, 2.75) is 6.04 Å². The molecule has 1 atom stereocenters. The topological polar surface area (TPSA) is 85.6 Å². The van der Waals surface area contributed by atoms with Gasteiger partial charge in [-0.1, -0.05) is 30.3 Å². The highest BCUT2D eigenvalue weighted by Crippen LogP contribution is 2.29. The molecule has 1 heterocycles. The number of phenols is 1. The number of nitrogens with one attached hydrogen (secondary N) is 1. The van der Waals surface area contributed by atoms with Crippen molar-refractivity contribution in [3.63, 3.8) is 0 Å². The Morgan fingerprint density at radius 3 is 2.56 bits per heavy atom. The van der Waals surface area contributed by atoms with Crippen molar-refractivity contribution in [2.75, 3.05) is 13.7 Å². The molecule has 27 heavy (non-hydrogen) atoms. The van der Waals surface area contributed by atoms with Crippen molar-refractivity contribution in [3.05, 3.63) is 72.3 Å². The fourth-order valence-corrected chi connectivity index (χ4v) is 2.77. The number of nitrogens with zero attached hydrogens (tertiary/aromatic N) is 2. The van der Waals surface area contributed by atoms with Gasteiger partial charge in [0, 0.05) is 25.0 Å². The van der Waals surface area contributed by atoms with Crippen LogP contribution in [0.5, 0.6) is 17.2 Å². The van der Waals surface area contributed by atoms with E-state index in [4.69, 9.17) is 9.47 Å². The van der Waals surface area contributed by atoms with E-state index >= 15 is 0 Å². The lowest BCUT2D eigenvalue weighted by molar-refractivity contribution is -0.123. The van der Waals surface area contributed by atoms with Gasteiger partial charge in [-0.15, -0.1) is 0 Å². The lowest BCUT2D eigenvalue weighted by Crippen LogP contribution is -2.34. The summed E-state index contributed by atoms with van der Waals surface area (Å²) in [6.07, 6.45) is 3.48. The number of benzene rings is 2. The summed E-state index contributed by atoms with van der Waals surface area (Å²) in [5.74, 6) is 1.19. The van der Waals surface area contributed by atoms with E-state index in [0.717, 1.165) is 5.56 Å². The van der Waals surface area contributed by atoms with Crippen molar-refractivity contribution in [3.8, 4) is 17.2 Å². The number of phenolic OH excluding ortho intramolecular Hbond substituents is 1. The number of methoxy groups -OCH3 is 1. The van der Waals surface area contributed by atoms with Crippen LogP contribution in [0, 0.1) is 0 Å². The van der Waals surface area contributed by atoms with Crippen LogP contribution in [-0.2, 0) is 11.8 Å². The molecule has 0 saturated carbocycles. The van der Waals surface area contributed by atoms with Crippen LogP contribution in [0.15, 0.2) is 60.9 Å². The largest absolute Gasteiger partial charge is 0.504 e. The molecule has 1 unspecified atom stereocenters. The summed E-state index contributed by atoms with van der Waals surface area (Å²) in [6.45, 7) is -0.242. The van der Waals surface area contributed by atoms with E-state index in [-0.39, 0.29) is 24.0 Å². The Bertz CT molecular complexity index is 923. The summed E-state index contributed by atoms with van der Waals surface area (Å²) >= 11 is 0. The molecular weight excluding hydrogens is 346 g/mol. The van der Waals surface area contributed by atoms with Gasteiger partial charge in [-0.3, -0.25) is 4.79 Å². The Morgan fingerprint density at radius 2 is 1.89 bits per heavy atom. The van der Waals surface area contributed by atoms with Crippen LogP contribution in [0.2, 0.25) is 0 Å². The highest BCUT2D eigenvalue weighted by Gasteiger charge is 2.24. The van der Waals surface area contributed by atoms with Crippen LogP contribution in [0.25, 0.3) is 0 Å². The third-order valence-electron chi connectivity index (χ3n) is 4.10. The zero-order chi connectivity index (χ0) is 19.2. The smallest absolute Gasteiger partial charge is 0.258 e. The average Bonchev–Trinajstić information content (AvgIpc) is 3.11. The number of hydrogen-bond donors (Lipinski definition) is 2. The maximum atomic E-state index is 12.5. The van der Waals surface area contributed by atoms with Gasteiger partial charge in [-0.05, 0) is 18.2 Å². The first-order valence-corrected chi connectivity index (χ1v) is 8.40. The van der Waals surface area contributed by atoms with Gasteiger partial charge in [0.1, 0.15) is 17.6 Å². The number of aromatic hydroxyl groups is 1. The van der Waals surface area contributed by atoms with E-state index in [2.05, 4.69) is 10.3 Å². The molecule has 0 aliphatic carbocycles. The molecule has 0 saturated heterocycles. The van der Waals surface area contributed by atoms with Gasteiger partial charge in [-0.25, -0.2) is 4.98 Å². The van der Waals surface area contributed by atoms with Crippen molar-refractivity contribution in [2.24, 2.45) is 7.05 Å². The Labute approximate surface area is 157 Å². The number of ether oxygens (including phenoxy) is 2. The summed E-state index contributed by atoms with van der Waals surface area (Å²) < 4.78 is 12.7. The SMILES string of the molecule is COc1ccccc1C(NC(=O)COc1ccccc1O)c1nccn1C. The molecule has 2 aromatic carbocycles. The molecule has 0 aliphatic heterocycles.